The zero-order valence-corrected chi connectivity index (χ0v) is 14.8. The number of benzene rings is 1. The summed E-state index contributed by atoms with van der Waals surface area (Å²) in [4.78, 5) is 6.77. The van der Waals surface area contributed by atoms with Gasteiger partial charge in [-0.25, -0.2) is 0 Å². The molecule has 0 unspecified atom stereocenters. The average molecular weight is 319 g/mol. The fraction of sp³-hybridized carbons (Fsp3) is 0.381. The molecule has 0 spiro atoms. The molecule has 24 heavy (non-hydrogen) atoms. The third-order valence-corrected chi connectivity index (χ3v) is 5.16. The van der Waals surface area contributed by atoms with Gasteiger partial charge in [-0.15, -0.1) is 0 Å². The van der Waals surface area contributed by atoms with Crippen LogP contribution in [-0.2, 0) is 25.9 Å². The number of hydrogen-bond donors (Lipinski definition) is 0. The molecule has 0 N–H and O–H groups in total. The third-order valence-electron chi connectivity index (χ3n) is 5.16. The molecule has 1 aliphatic rings. The van der Waals surface area contributed by atoms with E-state index in [-0.39, 0.29) is 0 Å². The molecular formula is C21H25N3. The summed E-state index contributed by atoms with van der Waals surface area (Å²) < 4.78 is 2.55. The Kier molecular flexibility index (Phi) is 3.89. The second-order valence-electron chi connectivity index (χ2n) is 7.21. The zero-order chi connectivity index (χ0) is 16.7. The van der Waals surface area contributed by atoms with Gasteiger partial charge in [-0.05, 0) is 56.1 Å². The Morgan fingerprint density at radius 2 is 1.96 bits per heavy atom. The molecular weight excluding hydrogens is 294 g/mol. The lowest BCUT2D eigenvalue weighted by molar-refractivity contribution is 0.309. The lowest BCUT2D eigenvalue weighted by atomic mass is 10.0. The van der Waals surface area contributed by atoms with Crippen LogP contribution in [0.2, 0.25) is 0 Å². The highest BCUT2D eigenvalue weighted by molar-refractivity contribution is 5.86. The van der Waals surface area contributed by atoms with Crippen LogP contribution < -0.4 is 0 Å². The lowest BCUT2D eigenvalue weighted by Crippen LogP contribution is -2.27. The van der Waals surface area contributed by atoms with Gasteiger partial charge >= 0.3 is 0 Å². The number of aryl methyl sites for hydroxylation is 4. The number of nitrogens with zero attached hydrogens (tertiary/aromatic N) is 3. The van der Waals surface area contributed by atoms with Crippen LogP contribution in [0.5, 0.6) is 0 Å². The van der Waals surface area contributed by atoms with Crippen LogP contribution in [0.1, 0.15) is 27.9 Å². The number of hydrogen-bond acceptors (Lipinski definition) is 2. The first-order chi connectivity index (χ1) is 11.6. The third kappa shape index (κ3) is 2.73. The van der Waals surface area contributed by atoms with Gasteiger partial charge in [0.15, 0.2) is 0 Å². The number of pyridine rings is 1. The second kappa shape index (κ2) is 6.06. The van der Waals surface area contributed by atoms with Gasteiger partial charge in [-0.2, -0.15) is 0 Å². The molecule has 0 atom stereocenters. The van der Waals surface area contributed by atoms with E-state index in [0.29, 0.717) is 0 Å². The minimum atomic E-state index is 1.03. The summed E-state index contributed by atoms with van der Waals surface area (Å²) in [5.41, 5.74) is 8.37. The molecule has 0 radical (unpaired) electrons. The van der Waals surface area contributed by atoms with Crippen LogP contribution >= 0.6 is 0 Å². The molecule has 3 nitrogen and oxygen atoms in total. The van der Waals surface area contributed by atoms with Crippen LogP contribution in [0.15, 0.2) is 36.7 Å². The van der Waals surface area contributed by atoms with Crippen molar-refractivity contribution in [2.45, 2.75) is 39.8 Å². The Hall–Kier alpha value is -2.13. The number of fused-ring (bicyclic) bond motifs is 3. The Balaban J connectivity index is 1.74. The minimum absolute atomic E-state index is 1.03. The summed E-state index contributed by atoms with van der Waals surface area (Å²) in [6.07, 6.45) is 6.11. The van der Waals surface area contributed by atoms with Crippen molar-refractivity contribution < 1.29 is 0 Å². The van der Waals surface area contributed by atoms with Gasteiger partial charge in [0.25, 0.3) is 0 Å². The second-order valence-corrected chi connectivity index (χ2v) is 7.21. The molecule has 0 aliphatic carbocycles. The van der Waals surface area contributed by atoms with E-state index in [2.05, 4.69) is 59.6 Å². The highest BCUT2D eigenvalue weighted by Crippen LogP contribution is 2.31. The lowest BCUT2D eigenvalue weighted by Gasteiger charge is -2.24. The molecule has 1 aromatic carbocycles. The van der Waals surface area contributed by atoms with Crippen molar-refractivity contribution in [2.75, 3.05) is 13.6 Å². The predicted molar refractivity (Wildman–Crippen MR) is 99.4 cm³/mol. The molecule has 1 aliphatic heterocycles. The molecule has 0 amide bonds. The van der Waals surface area contributed by atoms with Gasteiger partial charge in [0.05, 0.1) is 0 Å². The molecule has 4 rings (SSSR count). The van der Waals surface area contributed by atoms with E-state index in [1.54, 1.807) is 0 Å². The van der Waals surface area contributed by atoms with Crippen LogP contribution in [0.4, 0.5) is 0 Å². The summed E-state index contributed by atoms with van der Waals surface area (Å²) >= 11 is 0. The van der Waals surface area contributed by atoms with Crippen LogP contribution in [-0.4, -0.2) is 28.0 Å². The maximum Gasteiger partial charge on any atom is 0.0486 e. The summed E-state index contributed by atoms with van der Waals surface area (Å²) in [7, 11) is 2.22. The van der Waals surface area contributed by atoms with Crippen molar-refractivity contribution >= 4 is 10.9 Å². The summed E-state index contributed by atoms with van der Waals surface area (Å²) in [5, 5.41) is 1.44. The standard InChI is InChI=1S/C21H25N3/c1-15-4-5-20-18(11-15)19-14-23(3)8-7-21(19)24(20)9-6-17-10-16(2)12-22-13-17/h4-5,10-13H,6-9,14H2,1-3H3. The number of aromatic nitrogens is 2. The monoisotopic (exact) mass is 319 g/mol. The Bertz CT molecular complexity index is 891. The first-order valence-electron chi connectivity index (χ1n) is 8.81. The van der Waals surface area contributed by atoms with E-state index < -0.39 is 0 Å². The van der Waals surface area contributed by atoms with E-state index in [0.717, 1.165) is 32.5 Å². The SMILES string of the molecule is Cc1cncc(CCn2c3c(c4cc(C)ccc42)CN(C)CC3)c1. The fourth-order valence-corrected chi connectivity index (χ4v) is 3.95. The van der Waals surface area contributed by atoms with Crippen molar-refractivity contribution in [3.8, 4) is 0 Å². The van der Waals surface area contributed by atoms with Gasteiger partial charge in [-0.3, -0.25) is 4.98 Å². The fourth-order valence-electron chi connectivity index (χ4n) is 3.95. The Morgan fingerprint density at radius 1 is 1.08 bits per heavy atom. The van der Waals surface area contributed by atoms with Crippen LogP contribution in [0, 0.1) is 13.8 Å². The average Bonchev–Trinajstić information content (AvgIpc) is 2.85. The van der Waals surface area contributed by atoms with E-state index in [4.69, 9.17) is 0 Å². The van der Waals surface area contributed by atoms with Gasteiger partial charge in [0, 0.05) is 55.0 Å². The molecule has 3 aromatic rings. The number of rotatable bonds is 3. The topological polar surface area (TPSA) is 21.1 Å². The molecule has 3 heterocycles. The normalized spacial score (nSPS) is 15.0. The molecule has 2 aromatic heterocycles. The smallest absolute Gasteiger partial charge is 0.0486 e. The highest BCUT2D eigenvalue weighted by atomic mass is 15.1. The van der Waals surface area contributed by atoms with E-state index >= 15 is 0 Å². The number of likely N-dealkylation sites (N-methyl/N-ethyl adjacent to an activating group) is 1. The van der Waals surface area contributed by atoms with Gasteiger partial charge in [0.2, 0.25) is 0 Å². The molecule has 0 fully saturated rings. The first-order valence-corrected chi connectivity index (χ1v) is 8.81. The highest BCUT2D eigenvalue weighted by Gasteiger charge is 2.22. The predicted octanol–water partition coefficient (Wildman–Crippen LogP) is 3.88. The first kappa shape index (κ1) is 15.4. The summed E-state index contributed by atoms with van der Waals surface area (Å²) in [6.45, 7) is 7.54. The van der Waals surface area contributed by atoms with Crippen LogP contribution in [0.25, 0.3) is 10.9 Å². The van der Waals surface area contributed by atoms with Crippen molar-refractivity contribution in [3.63, 3.8) is 0 Å². The van der Waals surface area contributed by atoms with Crippen LogP contribution in [0.3, 0.4) is 0 Å². The quantitative estimate of drug-likeness (QED) is 0.730. The molecule has 3 heteroatoms. The van der Waals surface area contributed by atoms with E-state index in [1.165, 1.54) is 38.9 Å². The van der Waals surface area contributed by atoms with Gasteiger partial charge in [0.1, 0.15) is 0 Å². The molecule has 0 saturated carbocycles. The molecule has 124 valence electrons. The Morgan fingerprint density at radius 3 is 2.79 bits per heavy atom. The largest absolute Gasteiger partial charge is 0.344 e. The zero-order valence-electron chi connectivity index (χ0n) is 14.8. The molecule has 0 bridgehead atoms. The van der Waals surface area contributed by atoms with Crippen molar-refractivity contribution in [2.24, 2.45) is 0 Å². The maximum atomic E-state index is 4.34. The van der Waals surface area contributed by atoms with Crippen molar-refractivity contribution in [3.05, 3.63) is 64.6 Å². The minimum Gasteiger partial charge on any atom is -0.344 e. The van der Waals surface area contributed by atoms with Crippen molar-refractivity contribution in [1.29, 1.82) is 0 Å². The van der Waals surface area contributed by atoms with E-state index in [1.807, 2.05) is 12.4 Å². The van der Waals surface area contributed by atoms with E-state index in [9.17, 15) is 0 Å². The maximum absolute atomic E-state index is 4.34. The summed E-state index contributed by atoms with van der Waals surface area (Å²) in [6, 6.07) is 9.15. The van der Waals surface area contributed by atoms with Crippen molar-refractivity contribution in [1.82, 2.24) is 14.5 Å². The van der Waals surface area contributed by atoms with Gasteiger partial charge in [-0.1, -0.05) is 17.7 Å². The van der Waals surface area contributed by atoms with Gasteiger partial charge < -0.3 is 9.47 Å². The Labute approximate surface area is 143 Å². The molecule has 0 saturated heterocycles. The summed E-state index contributed by atoms with van der Waals surface area (Å²) in [5.74, 6) is 0.